The van der Waals surface area contributed by atoms with Crippen LogP contribution < -0.4 is 0 Å². The van der Waals surface area contributed by atoms with Gasteiger partial charge in [-0.2, -0.15) is 26.3 Å². The number of hydrogen-bond donors (Lipinski definition) is 0. The summed E-state index contributed by atoms with van der Waals surface area (Å²) in [6.45, 7) is 18.2. The van der Waals surface area contributed by atoms with E-state index in [-0.39, 0.29) is 29.5 Å². The Morgan fingerprint density at radius 2 is 1.41 bits per heavy atom. The van der Waals surface area contributed by atoms with Crippen molar-refractivity contribution in [2.75, 3.05) is 0 Å². The van der Waals surface area contributed by atoms with Gasteiger partial charge in [0.1, 0.15) is 5.78 Å². The van der Waals surface area contributed by atoms with Crippen LogP contribution in [0.2, 0.25) is 39.3 Å². The van der Waals surface area contributed by atoms with E-state index in [2.05, 4.69) is 32.5 Å². The average molecular weight is 629 g/mol. The minimum absolute atomic E-state index is 0.0522. The van der Waals surface area contributed by atoms with Gasteiger partial charge in [0.25, 0.3) is 0 Å². The molecule has 41 heavy (non-hydrogen) atoms. The van der Waals surface area contributed by atoms with Gasteiger partial charge in [0.05, 0.1) is 5.60 Å². The average Bonchev–Trinajstić information content (AvgIpc) is 3.07. The molecule has 2 rings (SSSR count). The van der Waals surface area contributed by atoms with E-state index in [1.54, 1.807) is 5.92 Å². The van der Waals surface area contributed by atoms with E-state index in [1.807, 2.05) is 20.8 Å². The predicted molar refractivity (Wildman–Crippen MR) is 155 cm³/mol. The number of ketones is 1. The standard InChI is InChI=1S/C30H50F6O3Si2/c1-25(2,38-40(5,6)7)17-12-18-26(3,24-16-15-22-23(37)14-11-20-27(22,24)4)19-13-21-28(29(31,32)33,30(34,35)36)39-41(8,9)10/h22,24H,11-12,14-20H2,1-10H3/t22?,24?,26?,27-/m0/s1. The van der Waals surface area contributed by atoms with Crippen molar-refractivity contribution in [3.05, 3.63) is 0 Å². The van der Waals surface area contributed by atoms with Gasteiger partial charge in [-0.3, -0.25) is 4.79 Å². The van der Waals surface area contributed by atoms with Crippen LogP contribution in [0.3, 0.4) is 0 Å². The van der Waals surface area contributed by atoms with Crippen LogP contribution in [0.25, 0.3) is 0 Å². The smallest absolute Gasteiger partial charge is 0.413 e. The molecule has 3 nitrogen and oxygen atoms in total. The normalized spacial score (nSPS) is 26.3. The van der Waals surface area contributed by atoms with Crippen LogP contribution in [0, 0.1) is 34.5 Å². The molecule has 2 aliphatic rings. The fraction of sp³-hybridized carbons (Fsp3) is 0.900. The second-order valence-corrected chi connectivity index (χ2v) is 24.2. The monoisotopic (exact) mass is 628 g/mol. The zero-order valence-electron chi connectivity index (χ0n) is 26.5. The van der Waals surface area contributed by atoms with Gasteiger partial charge in [0, 0.05) is 18.8 Å². The van der Waals surface area contributed by atoms with E-state index < -0.39 is 45.6 Å². The van der Waals surface area contributed by atoms with Gasteiger partial charge in [-0.05, 0) is 114 Å². The molecule has 0 saturated heterocycles. The maximum Gasteiger partial charge on any atom is 0.437 e. The second-order valence-electron chi connectivity index (χ2n) is 15.4. The molecule has 238 valence electrons. The summed E-state index contributed by atoms with van der Waals surface area (Å²) in [7, 11) is -5.17. The number of Topliss-reactive ketones (excluding diaryl/α,β-unsaturated/α-hetero) is 1. The van der Waals surface area contributed by atoms with Crippen molar-refractivity contribution in [2.24, 2.45) is 22.7 Å². The third-order valence-corrected chi connectivity index (χ3v) is 10.9. The topological polar surface area (TPSA) is 35.5 Å². The number of carbonyl (C=O) groups excluding carboxylic acids is 1. The molecule has 0 amide bonds. The first-order chi connectivity index (χ1) is 18.2. The molecule has 0 radical (unpaired) electrons. The molecule has 0 N–H and O–H groups in total. The maximum absolute atomic E-state index is 14.1. The van der Waals surface area contributed by atoms with Crippen LogP contribution >= 0.6 is 0 Å². The minimum Gasteiger partial charge on any atom is -0.413 e. The van der Waals surface area contributed by atoms with Gasteiger partial charge in [0.15, 0.2) is 16.6 Å². The molecule has 0 spiro atoms. The van der Waals surface area contributed by atoms with Crippen molar-refractivity contribution in [2.45, 2.75) is 148 Å². The molecule has 0 aromatic carbocycles. The first-order valence-corrected chi connectivity index (χ1v) is 21.6. The minimum atomic E-state index is -5.76. The summed E-state index contributed by atoms with van der Waals surface area (Å²) in [5.41, 5.74) is -5.99. The van der Waals surface area contributed by atoms with E-state index in [9.17, 15) is 31.1 Å². The van der Waals surface area contributed by atoms with Crippen molar-refractivity contribution >= 4 is 22.4 Å². The maximum atomic E-state index is 14.1. The number of halogens is 6. The zero-order chi connectivity index (χ0) is 31.9. The van der Waals surface area contributed by atoms with Crippen molar-refractivity contribution in [3.63, 3.8) is 0 Å². The summed E-state index contributed by atoms with van der Waals surface area (Å²) in [5.74, 6) is 4.03. The lowest BCUT2D eigenvalue weighted by molar-refractivity contribution is -0.336. The van der Waals surface area contributed by atoms with Gasteiger partial charge >= 0.3 is 18.0 Å². The van der Waals surface area contributed by atoms with E-state index in [4.69, 9.17) is 8.85 Å². The van der Waals surface area contributed by atoms with Gasteiger partial charge < -0.3 is 8.85 Å². The Labute approximate surface area is 245 Å². The third kappa shape index (κ3) is 8.63. The molecule has 0 aromatic rings. The Kier molecular flexibility index (Phi) is 10.6. The molecular weight excluding hydrogens is 578 g/mol. The number of alkyl halides is 6. The molecule has 11 heteroatoms. The highest BCUT2D eigenvalue weighted by molar-refractivity contribution is 6.70. The summed E-state index contributed by atoms with van der Waals surface area (Å²) in [6, 6.07) is 0. The first kappa shape index (κ1) is 36.4. The number of fused-ring (bicyclic) bond motifs is 1. The summed E-state index contributed by atoms with van der Waals surface area (Å²) >= 11 is 0. The number of carbonyl (C=O) groups is 1. The summed E-state index contributed by atoms with van der Waals surface area (Å²) < 4.78 is 96.0. The SMILES string of the molecule is CC(C)(CCCC(C)(CC#CC(O[Si](C)(C)C)(C(F)(F)F)C(F)(F)F)C1CCC2C(=O)CCC[C@@]21C)O[Si](C)(C)C. The second kappa shape index (κ2) is 11.9. The van der Waals surface area contributed by atoms with Crippen molar-refractivity contribution in [3.8, 4) is 11.8 Å². The van der Waals surface area contributed by atoms with Crippen LogP contribution in [0.1, 0.15) is 85.5 Å². The Hall–Kier alpha value is -0.836. The highest BCUT2D eigenvalue weighted by Crippen LogP contribution is 2.61. The Bertz CT molecular complexity index is 985. The summed E-state index contributed by atoms with van der Waals surface area (Å²) in [4.78, 5) is 12.8. The molecule has 0 aromatic heterocycles. The zero-order valence-corrected chi connectivity index (χ0v) is 28.5. The summed E-state index contributed by atoms with van der Waals surface area (Å²) in [6.07, 6.45) is -6.24. The van der Waals surface area contributed by atoms with E-state index in [0.717, 1.165) is 12.8 Å². The van der Waals surface area contributed by atoms with Crippen molar-refractivity contribution in [1.82, 2.24) is 0 Å². The molecule has 0 heterocycles. The fourth-order valence-corrected chi connectivity index (χ4v) is 10.5. The van der Waals surface area contributed by atoms with Gasteiger partial charge in [-0.1, -0.05) is 26.2 Å². The third-order valence-electron chi connectivity index (χ3n) is 8.83. The highest BCUT2D eigenvalue weighted by Gasteiger charge is 2.73. The van der Waals surface area contributed by atoms with E-state index in [0.29, 0.717) is 38.5 Å². The number of rotatable bonds is 10. The van der Waals surface area contributed by atoms with Crippen LogP contribution in [-0.2, 0) is 13.6 Å². The van der Waals surface area contributed by atoms with E-state index >= 15 is 0 Å². The molecule has 4 atom stereocenters. The van der Waals surface area contributed by atoms with Gasteiger partial charge in [-0.15, -0.1) is 0 Å². The molecule has 3 unspecified atom stereocenters. The van der Waals surface area contributed by atoms with E-state index in [1.165, 1.54) is 19.6 Å². The lowest BCUT2D eigenvalue weighted by Gasteiger charge is -2.48. The Balaban J connectivity index is 2.51. The van der Waals surface area contributed by atoms with Crippen molar-refractivity contribution < 1.29 is 40.0 Å². The molecule has 2 fully saturated rings. The molecular formula is C30H50F6O3Si2. The summed E-state index contributed by atoms with van der Waals surface area (Å²) in [5, 5.41) is 0. The Morgan fingerprint density at radius 1 is 0.878 bits per heavy atom. The van der Waals surface area contributed by atoms with Gasteiger partial charge in [0.2, 0.25) is 0 Å². The number of hydrogen-bond acceptors (Lipinski definition) is 3. The highest BCUT2D eigenvalue weighted by atomic mass is 28.4. The van der Waals surface area contributed by atoms with Crippen LogP contribution in [0.15, 0.2) is 0 Å². The quantitative estimate of drug-likeness (QED) is 0.137. The van der Waals surface area contributed by atoms with Crippen LogP contribution in [-0.4, -0.2) is 46.0 Å². The fourth-order valence-electron chi connectivity index (χ4n) is 7.53. The largest absolute Gasteiger partial charge is 0.437 e. The molecule has 0 bridgehead atoms. The Morgan fingerprint density at radius 3 is 1.90 bits per heavy atom. The van der Waals surface area contributed by atoms with Crippen molar-refractivity contribution in [1.29, 1.82) is 0 Å². The van der Waals surface area contributed by atoms with Crippen LogP contribution in [0.4, 0.5) is 26.3 Å². The molecule has 2 saturated carbocycles. The first-order valence-electron chi connectivity index (χ1n) is 14.7. The lowest BCUT2D eigenvalue weighted by Crippen LogP contribution is -2.61. The van der Waals surface area contributed by atoms with Crippen LogP contribution in [0.5, 0.6) is 0 Å². The van der Waals surface area contributed by atoms with Gasteiger partial charge in [-0.25, -0.2) is 0 Å². The lowest BCUT2D eigenvalue weighted by atomic mass is 9.56. The molecule has 0 aliphatic heterocycles. The predicted octanol–water partition coefficient (Wildman–Crippen LogP) is 9.69. The molecule has 2 aliphatic carbocycles.